The predicted octanol–water partition coefficient (Wildman–Crippen LogP) is 2.96. The Balaban J connectivity index is 2.08. The van der Waals surface area contributed by atoms with Crippen LogP contribution in [0, 0.1) is 6.92 Å². The summed E-state index contributed by atoms with van der Waals surface area (Å²) in [7, 11) is -5.47. The quantitative estimate of drug-likeness (QED) is 0.802. The van der Waals surface area contributed by atoms with Crippen LogP contribution in [0.2, 0.25) is 0 Å². The summed E-state index contributed by atoms with van der Waals surface area (Å²) in [4.78, 5) is 0.160. The van der Waals surface area contributed by atoms with Gasteiger partial charge in [-0.15, -0.1) is 3.71 Å². The van der Waals surface area contributed by atoms with E-state index in [0.717, 1.165) is 14.8 Å². The molecule has 1 aliphatic rings. The van der Waals surface area contributed by atoms with Crippen LogP contribution >= 0.6 is 0 Å². The highest BCUT2D eigenvalue weighted by Crippen LogP contribution is 2.33. The Morgan fingerprint density at radius 1 is 1.04 bits per heavy atom. The molecule has 120 valence electrons. The number of hydrogen-bond acceptors (Lipinski definition) is 3. The molecule has 0 fully saturated rings. The maximum Gasteiger partial charge on any atom is 0.255 e. The van der Waals surface area contributed by atoms with Crippen molar-refractivity contribution in [2.45, 2.75) is 17.9 Å². The lowest BCUT2D eigenvalue weighted by molar-refractivity contribution is 0.496. The van der Waals surface area contributed by atoms with Gasteiger partial charge in [0.1, 0.15) is 11.0 Å². The maximum absolute atomic E-state index is 13.0. The molecule has 0 saturated heterocycles. The van der Waals surface area contributed by atoms with Crippen LogP contribution in [-0.4, -0.2) is 22.1 Å². The first-order valence-corrected chi connectivity index (χ1v) is 9.93. The maximum atomic E-state index is 13.0. The van der Waals surface area contributed by atoms with E-state index in [2.05, 4.69) is 0 Å². The molecule has 0 bridgehead atoms. The van der Waals surface area contributed by atoms with Gasteiger partial charge in [0.2, 0.25) is 0 Å². The minimum atomic E-state index is -3.84. The zero-order valence-electron chi connectivity index (χ0n) is 12.6. The summed E-state index contributed by atoms with van der Waals surface area (Å²) in [5.41, 5.74) is 1.77. The zero-order valence-corrected chi connectivity index (χ0v) is 14.3. The Morgan fingerprint density at radius 2 is 1.70 bits per heavy atom. The second-order valence-electron chi connectivity index (χ2n) is 5.35. The molecular weight excluding hydrogens is 330 g/mol. The molecule has 2 aromatic rings. The standard InChI is InChI=1S/C17H17NO3S2/c1-14-9-11-16(12-10-14)23(20,21)18-17(8-5-13-22(18)19)15-6-3-2-4-7-15/h2-12,17H,13H2,1H3/t17-,22-/m1/s1. The first-order valence-electron chi connectivity index (χ1n) is 7.21. The van der Waals surface area contributed by atoms with E-state index in [9.17, 15) is 12.6 Å². The van der Waals surface area contributed by atoms with Crippen molar-refractivity contribution in [2.75, 3.05) is 5.75 Å². The molecular formula is C17H17NO3S2. The van der Waals surface area contributed by atoms with Gasteiger partial charge in [-0.25, -0.2) is 12.6 Å². The highest BCUT2D eigenvalue weighted by Gasteiger charge is 2.37. The van der Waals surface area contributed by atoms with E-state index in [4.69, 9.17) is 0 Å². The van der Waals surface area contributed by atoms with Crippen molar-refractivity contribution < 1.29 is 12.6 Å². The summed E-state index contributed by atoms with van der Waals surface area (Å²) >= 11 is 0. The molecule has 1 heterocycles. The van der Waals surface area contributed by atoms with Crippen LogP contribution in [0.3, 0.4) is 0 Å². The van der Waals surface area contributed by atoms with Gasteiger partial charge in [-0.1, -0.05) is 60.2 Å². The van der Waals surface area contributed by atoms with E-state index < -0.39 is 27.1 Å². The summed E-state index contributed by atoms with van der Waals surface area (Å²) in [5, 5.41) is 0. The summed E-state index contributed by atoms with van der Waals surface area (Å²) < 4.78 is 39.6. The van der Waals surface area contributed by atoms with Gasteiger partial charge in [0.25, 0.3) is 10.0 Å². The molecule has 2 atom stereocenters. The number of rotatable bonds is 3. The third kappa shape index (κ3) is 3.15. The highest BCUT2D eigenvalue weighted by molar-refractivity contribution is 8.01. The summed E-state index contributed by atoms with van der Waals surface area (Å²) in [5.74, 6) is 0.203. The third-order valence-electron chi connectivity index (χ3n) is 3.68. The van der Waals surface area contributed by atoms with Crippen molar-refractivity contribution in [1.82, 2.24) is 3.71 Å². The van der Waals surface area contributed by atoms with E-state index in [0.29, 0.717) is 0 Å². The molecule has 0 N–H and O–H groups in total. The molecule has 23 heavy (non-hydrogen) atoms. The van der Waals surface area contributed by atoms with Crippen molar-refractivity contribution in [3.8, 4) is 0 Å². The molecule has 4 nitrogen and oxygen atoms in total. The fourth-order valence-corrected chi connectivity index (χ4v) is 5.86. The van der Waals surface area contributed by atoms with Crippen molar-refractivity contribution in [3.63, 3.8) is 0 Å². The second kappa shape index (κ2) is 6.39. The molecule has 0 aromatic heterocycles. The normalized spacial score (nSPS) is 22.1. The molecule has 2 aromatic carbocycles. The third-order valence-corrected chi connectivity index (χ3v) is 7.44. The fraction of sp³-hybridized carbons (Fsp3) is 0.176. The van der Waals surface area contributed by atoms with Crippen LogP contribution in [0.5, 0.6) is 0 Å². The van der Waals surface area contributed by atoms with Crippen molar-refractivity contribution >= 4 is 21.0 Å². The van der Waals surface area contributed by atoms with Crippen LogP contribution in [-0.2, 0) is 21.0 Å². The lowest BCUT2D eigenvalue weighted by Crippen LogP contribution is -2.38. The first-order chi connectivity index (χ1) is 11.0. The lowest BCUT2D eigenvalue weighted by Gasteiger charge is -2.30. The molecule has 0 amide bonds. The van der Waals surface area contributed by atoms with Gasteiger partial charge < -0.3 is 0 Å². The van der Waals surface area contributed by atoms with Gasteiger partial charge in [0, 0.05) is 0 Å². The average molecular weight is 347 g/mol. The van der Waals surface area contributed by atoms with Crippen LogP contribution in [0.25, 0.3) is 0 Å². The summed E-state index contributed by atoms with van der Waals surface area (Å²) in [6.07, 6.45) is 3.57. The summed E-state index contributed by atoms with van der Waals surface area (Å²) in [6.45, 7) is 1.89. The van der Waals surface area contributed by atoms with Crippen molar-refractivity contribution in [1.29, 1.82) is 0 Å². The number of benzene rings is 2. The van der Waals surface area contributed by atoms with E-state index >= 15 is 0 Å². The van der Waals surface area contributed by atoms with Crippen LogP contribution in [0.15, 0.2) is 71.6 Å². The van der Waals surface area contributed by atoms with Crippen molar-refractivity contribution in [2.24, 2.45) is 0 Å². The van der Waals surface area contributed by atoms with Crippen molar-refractivity contribution in [3.05, 3.63) is 77.9 Å². The molecule has 6 heteroatoms. The number of nitrogens with zero attached hydrogens (tertiary/aromatic N) is 1. The Kier molecular flexibility index (Phi) is 4.48. The van der Waals surface area contributed by atoms with Crippen LogP contribution in [0.4, 0.5) is 0 Å². The van der Waals surface area contributed by atoms with Gasteiger partial charge in [-0.05, 0) is 24.6 Å². The van der Waals surface area contributed by atoms with E-state index in [1.807, 2.05) is 37.3 Å². The second-order valence-corrected chi connectivity index (χ2v) is 8.76. The first kappa shape index (κ1) is 16.1. The van der Waals surface area contributed by atoms with E-state index in [1.165, 1.54) is 0 Å². The lowest BCUT2D eigenvalue weighted by atomic mass is 10.1. The van der Waals surface area contributed by atoms with E-state index in [-0.39, 0.29) is 10.6 Å². The fourth-order valence-electron chi connectivity index (χ4n) is 2.49. The number of aryl methyl sites for hydroxylation is 1. The van der Waals surface area contributed by atoms with Gasteiger partial charge >= 0.3 is 0 Å². The van der Waals surface area contributed by atoms with Crippen LogP contribution < -0.4 is 0 Å². The number of sulfonamides is 1. The minimum Gasteiger partial charge on any atom is -0.241 e. The Labute approximate surface area is 139 Å². The Bertz CT molecular complexity index is 843. The van der Waals surface area contributed by atoms with Gasteiger partial charge in [0.15, 0.2) is 0 Å². The molecule has 0 spiro atoms. The minimum absolute atomic E-state index is 0.160. The molecule has 0 saturated carbocycles. The average Bonchev–Trinajstić information content (AvgIpc) is 2.55. The molecule has 3 rings (SSSR count). The largest absolute Gasteiger partial charge is 0.255 e. The Hall–Kier alpha value is -1.76. The predicted molar refractivity (Wildman–Crippen MR) is 91.5 cm³/mol. The SMILES string of the molecule is Cc1ccc(S(=O)(=O)N2[C@@H](c3ccccc3)C=CC[S@]2=O)cc1. The molecule has 0 radical (unpaired) electrons. The van der Waals surface area contributed by atoms with E-state index in [1.54, 1.807) is 36.4 Å². The highest BCUT2D eigenvalue weighted by atomic mass is 32.3. The smallest absolute Gasteiger partial charge is 0.241 e. The molecule has 1 aliphatic heterocycles. The monoisotopic (exact) mass is 347 g/mol. The van der Waals surface area contributed by atoms with Gasteiger partial charge in [0.05, 0.1) is 16.7 Å². The molecule has 0 unspecified atom stereocenters. The zero-order chi connectivity index (χ0) is 16.4. The van der Waals surface area contributed by atoms with Crippen LogP contribution in [0.1, 0.15) is 17.2 Å². The summed E-state index contributed by atoms with van der Waals surface area (Å²) in [6, 6.07) is 15.3. The van der Waals surface area contributed by atoms with Gasteiger partial charge in [-0.2, -0.15) is 0 Å². The van der Waals surface area contributed by atoms with Gasteiger partial charge in [-0.3, -0.25) is 0 Å². The number of hydrogen-bond donors (Lipinski definition) is 0. The molecule has 0 aliphatic carbocycles. The Morgan fingerprint density at radius 3 is 2.35 bits per heavy atom. The topological polar surface area (TPSA) is 54.5 Å².